The standard InChI is InChI=1S/C12H17BrN2O3S/c1-8-6-15(7-9(2)18-8)19(16,17)10-3-4-12(14)11(13)5-10/h3-5,8-9H,6-7,14H2,1-2H3/t8-,9+. The molecule has 0 bridgehead atoms. The van der Waals surface area contributed by atoms with Crippen LogP contribution in [0.5, 0.6) is 0 Å². The van der Waals surface area contributed by atoms with Gasteiger partial charge in [-0.15, -0.1) is 0 Å². The lowest BCUT2D eigenvalue weighted by Gasteiger charge is -2.34. The van der Waals surface area contributed by atoms with Crippen molar-refractivity contribution < 1.29 is 13.2 Å². The first-order valence-corrected chi connectivity index (χ1v) is 8.24. The normalized spacial score (nSPS) is 25.4. The summed E-state index contributed by atoms with van der Waals surface area (Å²) in [6.45, 7) is 4.48. The molecule has 1 aliphatic rings. The molecule has 0 aliphatic carbocycles. The highest BCUT2D eigenvalue weighted by Gasteiger charge is 2.32. The van der Waals surface area contributed by atoms with E-state index >= 15 is 0 Å². The van der Waals surface area contributed by atoms with Gasteiger partial charge in [-0.25, -0.2) is 8.42 Å². The predicted octanol–water partition coefficient (Wildman–Crippen LogP) is 1.83. The van der Waals surface area contributed by atoms with Crippen LogP contribution in [0.1, 0.15) is 13.8 Å². The summed E-state index contributed by atoms with van der Waals surface area (Å²) in [5, 5.41) is 0. The summed E-state index contributed by atoms with van der Waals surface area (Å²) >= 11 is 3.25. The molecule has 106 valence electrons. The number of anilines is 1. The molecule has 2 rings (SSSR count). The molecule has 1 fully saturated rings. The molecular weight excluding hydrogens is 332 g/mol. The van der Waals surface area contributed by atoms with E-state index < -0.39 is 10.0 Å². The average Bonchev–Trinajstić information content (AvgIpc) is 2.31. The lowest BCUT2D eigenvalue weighted by Crippen LogP contribution is -2.48. The zero-order valence-corrected chi connectivity index (χ0v) is 13.2. The van der Waals surface area contributed by atoms with Gasteiger partial charge in [0.15, 0.2) is 0 Å². The van der Waals surface area contributed by atoms with Crippen LogP contribution in [0.2, 0.25) is 0 Å². The van der Waals surface area contributed by atoms with E-state index in [-0.39, 0.29) is 17.1 Å². The molecule has 1 heterocycles. The van der Waals surface area contributed by atoms with Gasteiger partial charge in [0, 0.05) is 23.2 Å². The van der Waals surface area contributed by atoms with Crippen LogP contribution in [0.3, 0.4) is 0 Å². The molecule has 1 aromatic carbocycles. The van der Waals surface area contributed by atoms with E-state index in [4.69, 9.17) is 10.5 Å². The van der Waals surface area contributed by atoms with Crippen molar-refractivity contribution >= 4 is 31.6 Å². The van der Waals surface area contributed by atoms with Gasteiger partial charge in [-0.2, -0.15) is 4.31 Å². The average molecular weight is 349 g/mol. The summed E-state index contributed by atoms with van der Waals surface area (Å²) in [5.41, 5.74) is 6.20. The monoisotopic (exact) mass is 348 g/mol. The highest BCUT2D eigenvalue weighted by molar-refractivity contribution is 9.10. The highest BCUT2D eigenvalue weighted by atomic mass is 79.9. The first-order valence-electron chi connectivity index (χ1n) is 6.01. The van der Waals surface area contributed by atoms with Gasteiger partial charge in [0.1, 0.15) is 0 Å². The quantitative estimate of drug-likeness (QED) is 0.827. The van der Waals surface area contributed by atoms with Crippen LogP contribution in [0.25, 0.3) is 0 Å². The van der Waals surface area contributed by atoms with Crippen molar-refractivity contribution in [2.45, 2.75) is 31.0 Å². The zero-order valence-electron chi connectivity index (χ0n) is 10.8. The van der Waals surface area contributed by atoms with Gasteiger partial charge in [-0.1, -0.05) is 0 Å². The Morgan fingerprint density at radius 1 is 1.32 bits per heavy atom. The minimum absolute atomic E-state index is 0.101. The SMILES string of the molecule is C[C@@H]1CN(S(=O)(=O)c2ccc(N)c(Br)c2)C[C@H](C)O1. The Morgan fingerprint density at radius 2 is 1.89 bits per heavy atom. The largest absolute Gasteiger partial charge is 0.398 e. The van der Waals surface area contributed by atoms with Gasteiger partial charge in [0.05, 0.1) is 17.1 Å². The van der Waals surface area contributed by atoms with Crippen LogP contribution in [-0.2, 0) is 14.8 Å². The van der Waals surface area contributed by atoms with Gasteiger partial charge in [-0.3, -0.25) is 0 Å². The molecule has 2 N–H and O–H groups in total. The van der Waals surface area contributed by atoms with E-state index in [1.807, 2.05) is 13.8 Å². The first kappa shape index (κ1) is 14.8. The summed E-state index contributed by atoms with van der Waals surface area (Å²) in [7, 11) is -3.50. The van der Waals surface area contributed by atoms with Gasteiger partial charge in [0.25, 0.3) is 0 Å². The fourth-order valence-electron chi connectivity index (χ4n) is 2.14. The molecule has 19 heavy (non-hydrogen) atoms. The Labute approximate surface area is 121 Å². The van der Waals surface area contributed by atoms with Gasteiger partial charge >= 0.3 is 0 Å². The Bertz CT molecular complexity index is 566. The van der Waals surface area contributed by atoms with Gasteiger partial charge in [-0.05, 0) is 48.0 Å². The number of halogens is 1. The second kappa shape index (κ2) is 5.40. The third-order valence-corrected chi connectivity index (χ3v) is 5.51. The number of ether oxygens (including phenoxy) is 1. The van der Waals surface area contributed by atoms with Gasteiger partial charge < -0.3 is 10.5 Å². The molecular formula is C12H17BrN2O3S. The van der Waals surface area contributed by atoms with E-state index in [1.165, 1.54) is 16.4 Å². The molecule has 0 radical (unpaired) electrons. The summed E-state index contributed by atoms with van der Waals surface area (Å²) in [5.74, 6) is 0. The number of nitrogens with two attached hydrogens (primary N) is 1. The minimum Gasteiger partial charge on any atom is -0.398 e. The Morgan fingerprint density at radius 3 is 2.42 bits per heavy atom. The molecule has 7 heteroatoms. The molecule has 0 aromatic heterocycles. The van der Waals surface area contributed by atoms with E-state index in [0.717, 1.165) is 0 Å². The number of morpholine rings is 1. The summed E-state index contributed by atoms with van der Waals surface area (Å²) < 4.78 is 32.7. The van der Waals surface area contributed by atoms with Crippen molar-refractivity contribution in [3.63, 3.8) is 0 Å². The van der Waals surface area contributed by atoms with Crippen LogP contribution in [0.4, 0.5) is 5.69 Å². The minimum atomic E-state index is -3.50. The number of hydrogen-bond acceptors (Lipinski definition) is 4. The fourth-order valence-corrected chi connectivity index (χ4v) is 4.29. The Kier molecular flexibility index (Phi) is 4.20. The third-order valence-electron chi connectivity index (χ3n) is 3.00. The number of benzene rings is 1. The summed E-state index contributed by atoms with van der Waals surface area (Å²) in [4.78, 5) is 0.245. The maximum absolute atomic E-state index is 12.6. The van der Waals surface area contributed by atoms with Crippen molar-refractivity contribution in [3.05, 3.63) is 22.7 Å². The molecule has 0 amide bonds. The molecule has 1 aliphatic heterocycles. The van der Waals surface area contributed by atoms with E-state index in [9.17, 15) is 8.42 Å². The number of rotatable bonds is 2. The second-order valence-corrected chi connectivity index (χ2v) is 7.55. The first-order chi connectivity index (χ1) is 8.80. The molecule has 5 nitrogen and oxygen atoms in total. The molecule has 1 aromatic rings. The Balaban J connectivity index is 2.33. The maximum Gasteiger partial charge on any atom is 0.243 e. The summed E-state index contributed by atoms with van der Waals surface area (Å²) in [6.07, 6.45) is -0.202. The number of sulfonamides is 1. The molecule has 2 atom stereocenters. The van der Waals surface area contributed by atoms with Crippen molar-refractivity contribution in [2.75, 3.05) is 18.8 Å². The van der Waals surface area contributed by atoms with Gasteiger partial charge in [0.2, 0.25) is 10.0 Å². The topological polar surface area (TPSA) is 72.6 Å². The van der Waals surface area contributed by atoms with Crippen molar-refractivity contribution in [2.24, 2.45) is 0 Å². The van der Waals surface area contributed by atoms with Crippen molar-refractivity contribution in [1.82, 2.24) is 4.31 Å². The third kappa shape index (κ3) is 3.10. The smallest absolute Gasteiger partial charge is 0.243 e. The van der Waals surface area contributed by atoms with Crippen LogP contribution in [0.15, 0.2) is 27.6 Å². The number of nitrogens with zero attached hydrogens (tertiary/aromatic N) is 1. The lowest BCUT2D eigenvalue weighted by molar-refractivity contribution is -0.0440. The van der Waals surface area contributed by atoms with Crippen LogP contribution >= 0.6 is 15.9 Å². The van der Waals surface area contributed by atoms with Crippen LogP contribution in [-0.4, -0.2) is 38.0 Å². The summed E-state index contributed by atoms with van der Waals surface area (Å²) in [6, 6.07) is 4.65. The van der Waals surface area contributed by atoms with E-state index in [0.29, 0.717) is 23.2 Å². The fraction of sp³-hybridized carbons (Fsp3) is 0.500. The predicted molar refractivity (Wildman–Crippen MR) is 77.3 cm³/mol. The van der Waals surface area contributed by atoms with Crippen LogP contribution in [0, 0.1) is 0 Å². The molecule has 0 unspecified atom stereocenters. The maximum atomic E-state index is 12.6. The number of hydrogen-bond donors (Lipinski definition) is 1. The van der Waals surface area contributed by atoms with Crippen molar-refractivity contribution in [1.29, 1.82) is 0 Å². The second-order valence-electron chi connectivity index (χ2n) is 4.76. The molecule has 1 saturated heterocycles. The molecule has 0 spiro atoms. The van der Waals surface area contributed by atoms with Crippen molar-refractivity contribution in [3.8, 4) is 0 Å². The highest BCUT2D eigenvalue weighted by Crippen LogP contribution is 2.26. The van der Waals surface area contributed by atoms with E-state index in [2.05, 4.69) is 15.9 Å². The Hall–Kier alpha value is -0.630. The molecule has 0 saturated carbocycles. The lowest BCUT2D eigenvalue weighted by atomic mass is 10.3. The number of nitrogen functional groups attached to an aromatic ring is 1. The zero-order chi connectivity index (χ0) is 14.2. The van der Waals surface area contributed by atoms with E-state index in [1.54, 1.807) is 6.07 Å². The van der Waals surface area contributed by atoms with Crippen LogP contribution < -0.4 is 5.73 Å².